The lowest BCUT2D eigenvalue weighted by Crippen LogP contribution is -2.33. The van der Waals surface area contributed by atoms with Gasteiger partial charge in [-0.2, -0.15) is 0 Å². The molecule has 1 unspecified atom stereocenters. The van der Waals surface area contributed by atoms with Crippen LogP contribution in [-0.4, -0.2) is 31.4 Å². The van der Waals surface area contributed by atoms with E-state index in [0.29, 0.717) is 12.3 Å². The highest BCUT2D eigenvalue weighted by atomic mass is 16.2. The number of nitrogens with one attached hydrogen (secondary N) is 3. The quantitative estimate of drug-likeness (QED) is 0.752. The van der Waals surface area contributed by atoms with Gasteiger partial charge in [-0.25, -0.2) is 0 Å². The number of carbonyl (C=O) groups excluding carboxylic acids is 2. The Hall–Kier alpha value is -1.88. The summed E-state index contributed by atoms with van der Waals surface area (Å²) in [5.74, 6) is 0.354. The number of amides is 2. The van der Waals surface area contributed by atoms with Crippen LogP contribution in [0.15, 0.2) is 12.1 Å². The first-order valence-corrected chi connectivity index (χ1v) is 8.31. The Bertz CT molecular complexity index is 555. The fraction of sp³-hybridized carbons (Fsp3) is 0.556. The predicted molar refractivity (Wildman–Crippen MR) is 92.5 cm³/mol. The topological polar surface area (TPSA) is 70.2 Å². The third kappa shape index (κ3) is 5.36. The molecule has 2 rings (SSSR count). The number of benzene rings is 1. The fourth-order valence-corrected chi connectivity index (χ4v) is 3.12. The Morgan fingerprint density at radius 1 is 1.17 bits per heavy atom. The lowest BCUT2D eigenvalue weighted by Gasteiger charge is -2.13. The fourth-order valence-electron chi connectivity index (χ4n) is 3.12. The molecule has 0 aliphatic carbocycles. The van der Waals surface area contributed by atoms with Gasteiger partial charge in [-0.3, -0.25) is 9.59 Å². The molecule has 1 aromatic carbocycles. The number of carbonyl (C=O) groups is 2. The van der Waals surface area contributed by atoms with Gasteiger partial charge in [0.1, 0.15) is 0 Å². The van der Waals surface area contributed by atoms with Gasteiger partial charge in [-0.1, -0.05) is 17.7 Å². The average Bonchev–Trinajstić information content (AvgIpc) is 3.00. The summed E-state index contributed by atoms with van der Waals surface area (Å²) in [6, 6.07) is 4.08. The molecular weight excluding hydrogens is 290 g/mol. The molecule has 5 nitrogen and oxygen atoms in total. The molecule has 1 atom stereocenters. The summed E-state index contributed by atoms with van der Waals surface area (Å²) >= 11 is 0. The lowest BCUT2D eigenvalue weighted by molar-refractivity contribution is -0.124. The minimum Gasteiger partial charge on any atom is -0.347 e. The number of hydrogen-bond donors (Lipinski definition) is 3. The summed E-state index contributed by atoms with van der Waals surface area (Å²) < 4.78 is 0. The van der Waals surface area contributed by atoms with Crippen LogP contribution in [0.1, 0.15) is 36.0 Å². The maximum absolute atomic E-state index is 12.0. The molecule has 0 spiro atoms. The predicted octanol–water partition coefficient (Wildman–Crippen LogP) is 2.06. The third-order valence-electron chi connectivity index (χ3n) is 4.33. The van der Waals surface area contributed by atoms with Crippen molar-refractivity contribution in [3.63, 3.8) is 0 Å². The molecule has 0 bridgehead atoms. The van der Waals surface area contributed by atoms with Gasteiger partial charge in [0.25, 0.3) is 0 Å². The maximum atomic E-state index is 12.0. The minimum absolute atomic E-state index is 0.0223. The molecular formula is C18H27N3O2. The van der Waals surface area contributed by atoms with Crippen LogP contribution in [0.2, 0.25) is 0 Å². The lowest BCUT2D eigenvalue weighted by atomic mass is 10.0. The Morgan fingerprint density at radius 3 is 2.48 bits per heavy atom. The van der Waals surface area contributed by atoms with Gasteiger partial charge in [0.15, 0.2) is 0 Å². The summed E-state index contributed by atoms with van der Waals surface area (Å²) in [6.45, 7) is 8.05. The summed E-state index contributed by atoms with van der Waals surface area (Å²) in [5, 5.41) is 8.89. The zero-order valence-corrected chi connectivity index (χ0v) is 14.3. The average molecular weight is 317 g/mol. The second-order valence-electron chi connectivity index (χ2n) is 6.50. The SMILES string of the molecule is Cc1cc(C)c(NC(=O)CNC(=O)CCC2CCNC2)c(C)c1. The second-order valence-corrected chi connectivity index (χ2v) is 6.50. The summed E-state index contributed by atoms with van der Waals surface area (Å²) in [4.78, 5) is 23.9. The van der Waals surface area contributed by atoms with E-state index in [-0.39, 0.29) is 18.4 Å². The van der Waals surface area contributed by atoms with Gasteiger partial charge in [0.2, 0.25) is 11.8 Å². The Labute approximate surface area is 138 Å². The van der Waals surface area contributed by atoms with E-state index in [4.69, 9.17) is 0 Å². The molecule has 1 fully saturated rings. The van der Waals surface area contributed by atoms with Crippen LogP contribution in [-0.2, 0) is 9.59 Å². The van der Waals surface area contributed by atoms with E-state index in [0.717, 1.165) is 42.7 Å². The number of rotatable bonds is 6. The first kappa shape index (κ1) is 17.5. The van der Waals surface area contributed by atoms with Crippen molar-refractivity contribution in [1.82, 2.24) is 10.6 Å². The minimum atomic E-state index is -0.184. The summed E-state index contributed by atoms with van der Waals surface area (Å²) in [7, 11) is 0. The monoisotopic (exact) mass is 317 g/mol. The Kier molecular flexibility index (Phi) is 6.16. The van der Waals surface area contributed by atoms with Crippen LogP contribution in [0.3, 0.4) is 0 Å². The highest BCUT2D eigenvalue weighted by Gasteiger charge is 2.16. The van der Waals surface area contributed by atoms with E-state index in [1.165, 1.54) is 5.56 Å². The summed E-state index contributed by atoms with van der Waals surface area (Å²) in [5.41, 5.74) is 4.09. The molecule has 23 heavy (non-hydrogen) atoms. The smallest absolute Gasteiger partial charge is 0.243 e. The van der Waals surface area contributed by atoms with Crippen LogP contribution >= 0.6 is 0 Å². The second kappa shape index (κ2) is 8.11. The van der Waals surface area contributed by atoms with Crippen LogP contribution in [0.25, 0.3) is 0 Å². The molecule has 5 heteroatoms. The van der Waals surface area contributed by atoms with Gasteiger partial charge < -0.3 is 16.0 Å². The van der Waals surface area contributed by atoms with E-state index < -0.39 is 0 Å². The third-order valence-corrected chi connectivity index (χ3v) is 4.33. The first-order valence-electron chi connectivity index (χ1n) is 8.31. The number of hydrogen-bond acceptors (Lipinski definition) is 3. The Morgan fingerprint density at radius 2 is 1.87 bits per heavy atom. The van der Waals surface area contributed by atoms with Crippen LogP contribution < -0.4 is 16.0 Å². The van der Waals surface area contributed by atoms with Crippen molar-refractivity contribution in [2.24, 2.45) is 5.92 Å². The van der Waals surface area contributed by atoms with Gasteiger partial charge in [-0.05, 0) is 63.7 Å². The van der Waals surface area contributed by atoms with Crippen LogP contribution in [0.4, 0.5) is 5.69 Å². The largest absolute Gasteiger partial charge is 0.347 e. The van der Waals surface area contributed by atoms with Crippen molar-refractivity contribution < 1.29 is 9.59 Å². The zero-order chi connectivity index (χ0) is 16.8. The molecule has 0 aromatic heterocycles. The highest BCUT2D eigenvalue weighted by Crippen LogP contribution is 2.21. The van der Waals surface area contributed by atoms with Crippen LogP contribution in [0.5, 0.6) is 0 Å². The van der Waals surface area contributed by atoms with E-state index in [1.807, 2.05) is 32.9 Å². The van der Waals surface area contributed by atoms with Gasteiger partial charge in [0, 0.05) is 12.1 Å². The normalized spacial score (nSPS) is 17.1. The van der Waals surface area contributed by atoms with E-state index in [2.05, 4.69) is 16.0 Å². The van der Waals surface area contributed by atoms with E-state index in [1.54, 1.807) is 0 Å². The van der Waals surface area contributed by atoms with Gasteiger partial charge in [0.05, 0.1) is 6.54 Å². The van der Waals surface area contributed by atoms with Gasteiger partial charge in [-0.15, -0.1) is 0 Å². The standard InChI is InChI=1S/C18H27N3O2/c1-12-8-13(2)18(14(3)9-12)21-17(23)11-20-16(22)5-4-15-6-7-19-10-15/h8-9,15,19H,4-7,10-11H2,1-3H3,(H,20,22)(H,21,23). The van der Waals surface area contributed by atoms with Gasteiger partial charge >= 0.3 is 0 Å². The molecule has 1 saturated heterocycles. The van der Waals surface area contributed by atoms with Crippen molar-refractivity contribution in [3.8, 4) is 0 Å². The van der Waals surface area contributed by atoms with Crippen molar-refractivity contribution in [3.05, 3.63) is 28.8 Å². The van der Waals surface area contributed by atoms with Crippen molar-refractivity contribution >= 4 is 17.5 Å². The maximum Gasteiger partial charge on any atom is 0.243 e. The zero-order valence-electron chi connectivity index (χ0n) is 14.3. The Balaban J connectivity index is 1.75. The van der Waals surface area contributed by atoms with E-state index >= 15 is 0 Å². The molecule has 1 heterocycles. The van der Waals surface area contributed by atoms with Crippen molar-refractivity contribution in [2.75, 3.05) is 25.0 Å². The molecule has 0 saturated carbocycles. The van der Waals surface area contributed by atoms with Crippen LogP contribution in [0, 0.1) is 26.7 Å². The molecule has 1 aliphatic rings. The van der Waals surface area contributed by atoms with Crippen molar-refractivity contribution in [2.45, 2.75) is 40.0 Å². The number of aryl methyl sites for hydroxylation is 3. The molecule has 2 amide bonds. The van der Waals surface area contributed by atoms with Crippen molar-refractivity contribution in [1.29, 1.82) is 0 Å². The number of anilines is 1. The highest BCUT2D eigenvalue weighted by molar-refractivity contribution is 5.95. The summed E-state index contributed by atoms with van der Waals surface area (Å²) in [6.07, 6.45) is 2.51. The molecule has 0 radical (unpaired) electrons. The first-order chi connectivity index (χ1) is 11.0. The molecule has 1 aromatic rings. The molecule has 1 aliphatic heterocycles. The molecule has 3 N–H and O–H groups in total. The van der Waals surface area contributed by atoms with E-state index in [9.17, 15) is 9.59 Å². The molecule has 126 valence electrons.